The number of carbonyl (C=O) groups is 1. The van der Waals surface area contributed by atoms with Crippen LogP contribution >= 0.6 is 0 Å². The summed E-state index contributed by atoms with van der Waals surface area (Å²) >= 11 is 0. The van der Waals surface area contributed by atoms with Gasteiger partial charge in [0.15, 0.2) is 5.78 Å². The zero-order valence-corrected chi connectivity index (χ0v) is 14.0. The van der Waals surface area contributed by atoms with Crippen LogP contribution in [0.3, 0.4) is 0 Å². The second-order valence-corrected chi connectivity index (χ2v) is 7.27. The van der Waals surface area contributed by atoms with Crippen LogP contribution in [0, 0.1) is 5.41 Å². The van der Waals surface area contributed by atoms with Gasteiger partial charge in [-0.1, -0.05) is 20.8 Å². The highest BCUT2D eigenvalue weighted by Crippen LogP contribution is 2.34. The molecule has 0 unspecified atom stereocenters. The van der Waals surface area contributed by atoms with Crippen molar-refractivity contribution in [1.29, 1.82) is 0 Å². The summed E-state index contributed by atoms with van der Waals surface area (Å²) in [6.45, 7) is 6.44. The van der Waals surface area contributed by atoms with Crippen molar-refractivity contribution in [3.8, 4) is 5.75 Å². The predicted octanol–water partition coefficient (Wildman–Crippen LogP) is 4.14. The molecule has 0 bridgehead atoms. The first kappa shape index (κ1) is 15.1. The minimum Gasteiger partial charge on any atom is -0.497 e. The Balaban J connectivity index is 2.16. The Hall–Kier alpha value is -1.77. The zero-order valence-electron chi connectivity index (χ0n) is 14.0. The number of nitrogens with zero attached hydrogens (tertiary/aromatic N) is 1. The number of benzene rings is 1. The normalized spacial score (nSPS) is 14.9. The van der Waals surface area contributed by atoms with Crippen LogP contribution in [0.5, 0.6) is 5.75 Å². The first-order chi connectivity index (χ1) is 10.4. The van der Waals surface area contributed by atoms with E-state index in [0.29, 0.717) is 6.54 Å². The maximum Gasteiger partial charge on any atom is 0.157 e. The number of hydrogen-bond donors (Lipinski definition) is 0. The van der Waals surface area contributed by atoms with E-state index in [4.69, 9.17) is 4.74 Å². The van der Waals surface area contributed by atoms with Crippen molar-refractivity contribution in [2.75, 3.05) is 7.11 Å². The number of ketones is 1. The van der Waals surface area contributed by atoms with Gasteiger partial charge in [-0.15, -0.1) is 0 Å². The molecule has 0 saturated heterocycles. The van der Waals surface area contributed by atoms with Crippen molar-refractivity contribution in [3.05, 3.63) is 29.5 Å². The zero-order chi connectivity index (χ0) is 15.9. The highest BCUT2D eigenvalue weighted by Gasteiger charge is 2.26. The first-order valence-corrected chi connectivity index (χ1v) is 8.13. The summed E-state index contributed by atoms with van der Waals surface area (Å²) in [6.07, 6.45) is 4.65. The Morgan fingerprint density at radius 1 is 1.23 bits per heavy atom. The standard InChI is InChI=1S/C19H25NO2/c1-19(2,3)18(21)12-20-16-8-6-5-7-14(16)15-10-9-13(22-4)11-17(15)20/h9-11H,5-8,12H2,1-4H3. The summed E-state index contributed by atoms with van der Waals surface area (Å²) < 4.78 is 7.62. The van der Waals surface area contributed by atoms with Crippen LogP contribution in [-0.2, 0) is 24.2 Å². The molecular weight excluding hydrogens is 274 g/mol. The van der Waals surface area contributed by atoms with Crippen molar-refractivity contribution >= 4 is 16.7 Å². The summed E-state index contributed by atoms with van der Waals surface area (Å²) in [5.41, 5.74) is 3.62. The van der Waals surface area contributed by atoms with E-state index in [1.807, 2.05) is 26.8 Å². The molecule has 0 fully saturated rings. The second-order valence-electron chi connectivity index (χ2n) is 7.27. The molecule has 0 radical (unpaired) electrons. The van der Waals surface area contributed by atoms with Gasteiger partial charge in [0.25, 0.3) is 0 Å². The highest BCUT2D eigenvalue weighted by molar-refractivity contribution is 5.90. The molecular formula is C19H25NO2. The molecule has 22 heavy (non-hydrogen) atoms. The van der Waals surface area contributed by atoms with Gasteiger partial charge < -0.3 is 9.30 Å². The monoisotopic (exact) mass is 299 g/mol. The van der Waals surface area contributed by atoms with Crippen LogP contribution in [0.15, 0.2) is 18.2 Å². The molecule has 0 aliphatic heterocycles. The lowest BCUT2D eigenvalue weighted by molar-refractivity contribution is -0.126. The van der Waals surface area contributed by atoms with Crippen molar-refractivity contribution < 1.29 is 9.53 Å². The smallest absolute Gasteiger partial charge is 0.157 e. The third kappa shape index (κ3) is 2.53. The van der Waals surface area contributed by atoms with Gasteiger partial charge in [0.2, 0.25) is 0 Å². The molecule has 1 aliphatic rings. The van der Waals surface area contributed by atoms with Gasteiger partial charge in [-0.2, -0.15) is 0 Å². The summed E-state index contributed by atoms with van der Waals surface area (Å²) in [7, 11) is 1.69. The lowest BCUT2D eigenvalue weighted by atomic mass is 9.90. The summed E-state index contributed by atoms with van der Waals surface area (Å²) in [5.74, 6) is 1.13. The third-order valence-corrected chi connectivity index (χ3v) is 4.72. The largest absolute Gasteiger partial charge is 0.497 e. The lowest BCUT2D eigenvalue weighted by Crippen LogP contribution is -2.26. The second kappa shape index (κ2) is 5.45. The Morgan fingerprint density at radius 3 is 2.64 bits per heavy atom. The molecule has 2 aromatic rings. The van der Waals surface area contributed by atoms with Gasteiger partial charge in [-0.3, -0.25) is 4.79 Å². The van der Waals surface area contributed by atoms with Gasteiger partial charge in [0.1, 0.15) is 5.75 Å². The van der Waals surface area contributed by atoms with Crippen molar-refractivity contribution in [3.63, 3.8) is 0 Å². The molecule has 1 aromatic heterocycles. The number of carbonyl (C=O) groups excluding carboxylic acids is 1. The molecule has 1 heterocycles. The van der Waals surface area contributed by atoms with Gasteiger partial charge in [-0.25, -0.2) is 0 Å². The summed E-state index contributed by atoms with van der Waals surface area (Å²) in [5, 5.41) is 1.29. The van der Waals surface area contributed by atoms with Crippen LogP contribution in [-0.4, -0.2) is 17.5 Å². The molecule has 0 amide bonds. The number of methoxy groups -OCH3 is 1. The van der Waals surface area contributed by atoms with E-state index in [2.05, 4.69) is 16.7 Å². The van der Waals surface area contributed by atoms with Gasteiger partial charge in [-0.05, 0) is 43.4 Å². The van der Waals surface area contributed by atoms with Crippen LogP contribution < -0.4 is 4.74 Å². The fourth-order valence-electron chi connectivity index (χ4n) is 3.30. The minimum absolute atomic E-state index is 0.278. The number of aromatic nitrogens is 1. The Morgan fingerprint density at radius 2 is 1.95 bits per heavy atom. The number of hydrogen-bond acceptors (Lipinski definition) is 2. The van der Waals surface area contributed by atoms with Gasteiger partial charge in [0, 0.05) is 22.6 Å². The van der Waals surface area contributed by atoms with Gasteiger partial charge >= 0.3 is 0 Å². The quantitative estimate of drug-likeness (QED) is 0.852. The third-order valence-electron chi connectivity index (χ3n) is 4.72. The maximum atomic E-state index is 12.6. The Labute approximate surface area is 132 Å². The fourth-order valence-corrected chi connectivity index (χ4v) is 3.30. The van der Waals surface area contributed by atoms with Crippen LogP contribution in [0.4, 0.5) is 0 Å². The van der Waals surface area contributed by atoms with E-state index < -0.39 is 0 Å². The highest BCUT2D eigenvalue weighted by atomic mass is 16.5. The number of Topliss-reactive ketones (excluding diaryl/α,β-unsaturated/α-hetero) is 1. The van der Waals surface area contributed by atoms with E-state index in [1.54, 1.807) is 7.11 Å². The molecule has 0 saturated carbocycles. The summed E-state index contributed by atoms with van der Waals surface area (Å²) in [4.78, 5) is 12.6. The molecule has 0 atom stereocenters. The van der Waals surface area contributed by atoms with Crippen LogP contribution in [0.1, 0.15) is 44.9 Å². The molecule has 1 aromatic carbocycles. The molecule has 118 valence electrons. The average molecular weight is 299 g/mol. The molecule has 3 nitrogen and oxygen atoms in total. The number of fused-ring (bicyclic) bond motifs is 3. The molecule has 0 N–H and O–H groups in total. The molecule has 1 aliphatic carbocycles. The van der Waals surface area contributed by atoms with Crippen molar-refractivity contribution in [2.45, 2.75) is 53.0 Å². The number of rotatable bonds is 3. The van der Waals surface area contributed by atoms with E-state index in [-0.39, 0.29) is 11.2 Å². The Kier molecular flexibility index (Phi) is 3.75. The molecule has 3 rings (SSSR count). The topological polar surface area (TPSA) is 31.2 Å². The average Bonchev–Trinajstić information content (AvgIpc) is 2.80. The Bertz CT molecular complexity index is 719. The maximum absolute atomic E-state index is 12.6. The minimum atomic E-state index is -0.309. The first-order valence-electron chi connectivity index (χ1n) is 8.13. The van der Waals surface area contributed by atoms with Crippen molar-refractivity contribution in [2.24, 2.45) is 5.41 Å². The lowest BCUT2D eigenvalue weighted by Gasteiger charge is -2.20. The van der Waals surface area contributed by atoms with Gasteiger partial charge in [0.05, 0.1) is 19.2 Å². The molecule has 0 spiro atoms. The summed E-state index contributed by atoms with van der Waals surface area (Å²) in [6, 6.07) is 6.24. The van der Waals surface area contributed by atoms with Crippen LogP contribution in [0.2, 0.25) is 0 Å². The molecule has 3 heteroatoms. The van der Waals surface area contributed by atoms with E-state index in [1.165, 1.54) is 29.5 Å². The fraction of sp³-hybridized carbons (Fsp3) is 0.526. The SMILES string of the molecule is COc1ccc2c3c(n(CC(=O)C(C)(C)C)c2c1)CCCC3. The van der Waals surface area contributed by atoms with Crippen molar-refractivity contribution in [1.82, 2.24) is 4.57 Å². The van der Waals surface area contributed by atoms with Crippen LogP contribution in [0.25, 0.3) is 10.9 Å². The predicted molar refractivity (Wildman–Crippen MR) is 89.6 cm³/mol. The number of aryl methyl sites for hydroxylation is 1. The van der Waals surface area contributed by atoms with E-state index in [9.17, 15) is 4.79 Å². The van der Waals surface area contributed by atoms with E-state index >= 15 is 0 Å². The van der Waals surface area contributed by atoms with E-state index in [0.717, 1.165) is 24.1 Å². The number of ether oxygens (including phenoxy) is 1.